The molecule has 2 aromatic heterocycles. The predicted octanol–water partition coefficient (Wildman–Crippen LogP) is 5.47. The van der Waals surface area contributed by atoms with Gasteiger partial charge in [-0.05, 0) is 61.1 Å². The molecule has 212 valence electrons. The number of hydrogen-bond acceptors (Lipinski definition) is 7. The normalized spacial score (nSPS) is 10.5. The second-order valence-corrected chi connectivity index (χ2v) is 8.85. The molecule has 4 aromatic rings. The number of nitrogens with zero attached hydrogens (tertiary/aromatic N) is 3. The average molecular weight is 578 g/mol. The van der Waals surface area contributed by atoms with E-state index in [0.717, 1.165) is 19.2 Å². The third-order valence-corrected chi connectivity index (χ3v) is 6.39. The van der Waals surface area contributed by atoms with Gasteiger partial charge in [0.25, 0.3) is 11.8 Å². The summed E-state index contributed by atoms with van der Waals surface area (Å²) < 4.78 is 18.9. The Labute approximate surface area is 243 Å². The number of amides is 2. The summed E-state index contributed by atoms with van der Waals surface area (Å²) in [4.78, 5) is 32.3. The average Bonchev–Trinajstić information content (AvgIpc) is 3.50. The highest BCUT2D eigenvalue weighted by molar-refractivity contribution is 6.03. The number of nitriles is 1. The molecule has 0 aliphatic heterocycles. The van der Waals surface area contributed by atoms with Gasteiger partial charge in [0.1, 0.15) is 23.2 Å². The Balaban J connectivity index is 0.00000462. The molecule has 11 heteroatoms. The van der Waals surface area contributed by atoms with E-state index in [2.05, 4.69) is 40.4 Å². The van der Waals surface area contributed by atoms with Crippen LogP contribution < -0.4 is 10.6 Å². The lowest BCUT2D eigenvalue weighted by Gasteiger charge is -2.18. The molecule has 3 N–H and O–H groups in total. The molecule has 0 atom stereocenters. The Morgan fingerprint density at radius 1 is 1.05 bits per heavy atom. The lowest BCUT2D eigenvalue weighted by Crippen LogP contribution is -2.34. The van der Waals surface area contributed by atoms with Crippen molar-refractivity contribution < 1.29 is 23.5 Å². The lowest BCUT2D eigenvalue weighted by atomic mass is 9.96. The first-order chi connectivity index (χ1) is 19.3. The fourth-order valence-corrected chi connectivity index (χ4v) is 4.21. The molecule has 0 radical (unpaired) electrons. The molecule has 0 unspecified atom stereocenters. The molecule has 41 heavy (non-hydrogen) atoms. The van der Waals surface area contributed by atoms with Crippen LogP contribution >= 0.6 is 12.4 Å². The van der Waals surface area contributed by atoms with E-state index in [0.29, 0.717) is 29.8 Å². The SMILES string of the molecule is CCN(CC)CCNC(=O)c1cccc(-c2cc(-c3ccc(F)cc3O)nc(NC(=O)c3ccco3)c2C#N)c1.Cl. The summed E-state index contributed by atoms with van der Waals surface area (Å²) in [6, 6.07) is 16.8. The molecule has 2 aromatic carbocycles. The van der Waals surface area contributed by atoms with Crippen LogP contribution in [0.2, 0.25) is 0 Å². The maximum atomic E-state index is 13.7. The quantitative estimate of drug-likeness (QED) is 0.228. The number of nitrogens with one attached hydrogen (secondary N) is 2. The Kier molecular flexibility index (Phi) is 10.6. The largest absolute Gasteiger partial charge is 0.507 e. The molecule has 4 rings (SSSR count). The number of anilines is 1. The van der Waals surface area contributed by atoms with Crippen molar-refractivity contribution in [2.75, 3.05) is 31.5 Å². The number of carbonyl (C=O) groups is 2. The number of hydrogen-bond donors (Lipinski definition) is 3. The highest BCUT2D eigenvalue weighted by atomic mass is 35.5. The molecule has 0 fully saturated rings. The molecule has 9 nitrogen and oxygen atoms in total. The molecule has 0 spiro atoms. The van der Waals surface area contributed by atoms with Gasteiger partial charge >= 0.3 is 0 Å². The van der Waals surface area contributed by atoms with Crippen LogP contribution in [0.4, 0.5) is 10.2 Å². The van der Waals surface area contributed by atoms with Gasteiger partial charge < -0.3 is 25.1 Å². The molecule has 0 bridgehead atoms. The lowest BCUT2D eigenvalue weighted by molar-refractivity contribution is 0.0947. The van der Waals surface area contributed by atoms with Crippen LogP contribution in [-0.2, 0) is 0 Å². The number of pyridine rings is 1. The predicted molar refractivity (Wildman–Crippen MR) is 155 cm³/mol. The first-order valence-electron chi connectivity index (χ1n) is 12.7. The van der Waals surface area contributed by atoms with Gasteiger partial charge in [0.2, 0.25) is 0 Å². The molecule has 0 saturated heterocycles. The highest BCUT2D eigenvalue weighted by Gasteiger charge is 2.21. The van der Waals surface area contributed by atoms with Crippen molar-refractivity contribution in [3.8, 4) is 34.2 Å². The summed E-state index contributed by atoms with van der Waals surface area (Å²) in [5, 5.41) is 26.0. The summed E-state index contributed by atoms with van der Waals surface area (Å²) in [6.45, 7) is 7.06. The van der Waals surface area contributed by atoms with E-state index in [4.69, 9.17) is 4.42 Å². The Bertz CT molecular complexity index is 1570. The van der Waals surface area contributed by atoms with Gasteiger partial charge in [-0.1, -0.05) is 26.0 Å². The molecule has 2 heterocycles. The monoisotopic (exact) mass is 577 g/mol. The minimum atomic E-state index is -0.638. The molecular formula is C30H29ClFN5O4. The zero-order chi connectivity index (χ0) is 28.6. The summed E-state index contributed by atoms with van der Waals surface area (Å²) >= 11 is 0. The first kappa shape index (κ1) is 30.8. The number of benzene rings is 2. The van der Waals surface area contributed by atoms with E-state index in [1.165, 1.54) is 24.5 Å². The maximum Gasteiger partial charge on any atom is 0.292 e. The van der Waals surface area contributed by atoms with E-state index in [1.807, 2.05) is 0 Å². The van der Waals surface area contributed by atoms with Crippen molar-refractivity contribution in [1.82, 2.24) is 15.2 Å². The van der Waals surface area contributed by atoms with Crippen molar-refractivity contribution >= 4 is 30.0 Å². The fraction of sp³-hybridized carbons (Fsp3) is 0.200. The van der Waals surface area contributed by atoms with Crippen molar-refractivity contribution in [3.63, 3.8) is 0 Å². The molecule has 0 aliphatic rings. The van der Waals surface area contributed by atoms with Gasteiger partial charge in [-0.15, -0.1) is 12.4 Å². The Morgan fingerprint density at radius 2 is 1.83 bits per heavy atom. The van der Waals surface area contributed by atoms with Crippen LogP contribution in [0.25, 0.3) is 22.4 Å². The van der Waals surface area contributed by atoms with E-state index in [1.54, 1.807) is 36.4 Å². The van der Waals surface area contributed by atoms with Crippen LogP contribution in [0.1, 0.15) is 40.3 Å². The second-order valence-electron chi connectivity index (χ2n) is 8.85. The number of aromatic hydroxyl groups is 1. The second kappa shape index (κ2) is 14.1. The number of phenolic OH excluding ortho intramolecular Hbond substituents is 1. The molecule has 0 aliphatic carbocycles. The van der Waals surface area contributed by atoms with E-state index in [9.17, 15) is 24.3 Å². The van der Waals surface area contributed by atoms with Crippen LogP contribution in [0.5, 0.6) is 5.75 Å². The first-order valence-corrected chi connectivity index (χ1v) is 12.7. The zero-order valence-corrected chi connectivity index (χ0v) is 23.3. The van der Waals surface area contributed by atoms with Crippen molar-refractivity contribution in [1.29, 1.82) is 5.26 Å². The van der Waals surface area contributed by atoms with Gasteiger partial charge in [0.15, 0.2) is 11.6 Å². The number of phenols is 1. The van der Waals surface area contributed by atoms with E-state index < -0.39 is 11.7 Å². The third kappa shape index (κ3) is 7.28. The van der Waals surface area contributed by atoms with Crippen LogP contribution in [0.15, 0.2) is 71.3 Å². The van der Waals surface area contributed by atoms with Crippen LogP contribution in [0.3, 0.4) is 0 Å². The van der Waals surface area contributed by atoms with Gasteiger partial charge in [0.05, 0.1) is 12.0 Å². The summed E-state index contributed by atoms with van der Waals surface area (Å²) in [6.07, 6.45) is 1.34. The summed E-state index contributed by atoms with van der Waals surface area (Å²) in [7, 11) is 0. The summed E-state index contributed by atoms with van der Waals surface area (Å²) in [5.41, 5.74) is 1.63. The van der Waals surface area contributed by atoms with Crippen molar-refractivity contribution in [2.24, 2.45) is 0 Å². The van der Waals surface area contributed by atoms with Crippen molar-refractivity contribution in [2.45, 2.75) is 13.8 Å². The van der Waals surface area contributed by atoms with Gasteiger partial charge in [0, 0.05) is 35.8 Å². The smallest absolute Gasteiger partial charge is 0.292 e. The van der Waals surface area contributed by atoms with E-state index in [-0.39, 0.29) is 52.5 Å². The van der Waals surface area contributed by atoms with Crippen LogP contribution in [0, 0.1) is 17.1 Å². The van der Waals surface area contributed by atoms with Crippen LogP contribution in [-0.4, -0.2) is 53.0 Å². The number of rotatable bonds is 10. The highest BCUT2D eigenvalue weighted by Crippen LogP contribution is 2.36. The maximum absolute atomic E-state index is 13.7. The fourth-order valence-electron chi connectivity index (χ4n) is 4.21. The van der Waals surface area contributed by atoms with Gasteiger partial charge in [-0.2, -0.15) is 5.26 Å². The molecule has 0 saturated carbocycles. The number of halogens is 2. The Hall–Kier alpha value is -4.72. The molecule has 2 amide bonds. The molecular weight excluding hydrogens is 549 g/mol. The number of aromatic nitrogens is 1. The van der Waals surface area contributed by atoms with Gasteiger partial charge in [-0.25, -0.2) is 9.37 Å². The number of likely N-dealkylation sites (N-methyl/N-ethyl adjacent to an activating group) is 1. The topological polar surface area (TPSA) is 131 Å². The zero-order valence-electron chi connectivity index (χ0n) is 22.5. The standard InChI is InChI=1S/C30H28FN5O4.ClH/c1-3-36(4-2)13-12-33-29(38)20-8-5-7-19(15-20)23-17-25(22-11-10-21(31)16-26(22)37)34-28(24(23)18-32)35-30(39)27-9-6-14-40-27;/h5-11,14-17,37H,3-4,12-13H2,1-2H3,(H,33,38)(H,34,35,39);1H. The third-order valence-electron chi connectivity index (χ3n) is 6.39. The number of carbonyl (C=O) groups excluding carboxylic acids is 2. The van der Waals surface area contributed by atoms with E-state index >= 15 is 0 Å². The van der Waals surface area contributed by atoms with Gasteiger partial charge in [-0.3, -0.25) is 9.59 Å². The Morgan fingerprint density at radius 3 is 2.49 bits per heavy atom. The number of furan rings is 1. The minimum absolute atomic E-state index is 0. The summed E-state index contributed by atoms with van der Waals surface area (Å²) in [5.74, 6) is -2.00. The minimum Gasteiger partial charge on any atom is -0.507 e. The van der Waals surface area contributed by atoms with Crippen molar-refractivity contribution in [3.05, 3.63) is 89.6 Å².